The van der Waals surface area contributed by atoms with Crippen molar-refractivity contribution in [2.24, 2.45) is 0 Å². The lowest BCUT2D eigenvalue weighted by Crippen LogP contribution is -2.30. The first kappa shape index (κ1) is 21.8. The summed E-state index contributed by atoms with van der Waals surface area (Å²) in [7, 11) is 1.49. The van der Waals surface area contributed by atoms with E-state index < -0.39 is 17.7 Å². The van der Waals surface area contributed by atoms with Crippen molar-refractivity contribution in [1.29, 1.82) is 0 Å². The number of anilines is 1. The Bertz CT molecular complexity index is 1490. The monoisotopic (exact) mass is 472 g/mol. The van der Waals surface area contributed by atoms with Crippen molar-refractivity contribution in [3.63, 3.8) is 0 Å². The lowest BCUT2D eigenvalue weighted by Gasteiger charge is -2.26. The van der Waals surface area contributed by atoms with E-state index in [9.17, 15) is 14.7 Å². The van der Waals surface area contributed by atoms with Gasteiger partial charge in [-0.2, -0.15) is 0 Å². The topological polar surface area (TPSA) is 82.6 Å². The molecular weight excluding hydrogens is 452 g/mol. The summed E-state index contributed by atoms with van der Waals surface area (Å²) in [4.78, 5) is 31.5. The minimum atomic E-state index is -0.835. The molecule has 0 bridgehead atoms. The number of nitrogens with zero attached hydrogens (tertiary/aromatic N) is 1. The highest BCUT2D eigenvalue weighted by atomic mass is 35.5. The molecule has 1 aromatic heterocycles. The van der Waals surface area contributed by atoms with Gasteiger partial charge in [-0.1, -0.05) is 48.0 Å². The summed E-state index contributed by atoms with van der Waals surface area (Å²) in [6, 6.07) is 18.9. The van der Waals surface area contributed by atoms with Gasteiger partial charge in [0.1, 0.15) is 11.5 Å². The molecule has 5 rings (SSSR count). The summed E-state index contributed by atoms with van der Waals surface area (Å²) >= 11 is 6.28. The Morgan fingerprint density at radius 3 is 2.53 bits per heavy atom. The van der Waals surface area contributed by atoms with Gasteiger partial charge in [-0.25, -0.2) is 0 Å². The number of nitrogens with one attached hydrogen (secondary N) is 1. The second-order valence-corrected chi connectivity index (χ2v) is 8.50. The minimum absolute atomic E-state index is 0.000704. The standard InChI is InChI=1S/C27H21ClN2O4/c1-15-7-3-6-10-21(15)30-24(18-14-29-20-9-5-4-8-17(18)20)23(26(32)27(30)33)25(31)16-11-12-22(34-2)19(28)13-16/h3-14,24,29,31H,1-2H3/b25-23+. The number of ether oxygens (including phenoxy) is 1. The number of hydrogen-bond acceptors (Lipinski definition) is 4. The average molecular weight is 473 g/mol. The third-order valence-corrected chi connectivity index (χ3v) is 6.46. The molecule has 0 aliphatic carbocycles. The van der Waals surface area contributed by atoms with Crippen LogP contribution in [0.2, 0.25) is 5.02 Å². The summed E-state index contributed by atoms with van der Waals surface area (Å²) in [6.07, 6.45) is 1.78. The number of aromatic nitrogens is 1. The maximum Gasteiger partial charge on any atom is 0.300 e. The Kier molecular flexibility index (Phi) is 5.38. The van der Waals surface area contributed by atoms with Crippen LogP contribution in [0.1, 0.15) is 22.7 Å². The molecule has 1 amide bonds. The van der Waals surface area contributed by atoms with Gasteiger partial charge in [-0.3, -0.25) is 14.5 Å². The second kappa shape index (κ2) is 8.39. The van der Waals surface area contributed by atoms with Crippen molar-refractivity contribution in [3.05, 3.63) is 100 Å². The first-order chi connectivity index (χ1) is 16.4. The van der Waals surface area contributed by atoms with Crippen LogP contribution in [0.5, 0.6) is 5.75 Å². The molecule has 34 heavy (non-hydrogen) atoms. The first-order valence-electron chi connectivity index (χ1n) is 10.7. The molecule has 7 heteroatoms. The maximum absolute atomic E-state index is 13.4. The average Bonchev–Trinajstić information content (AvgIpc) is 3.37. The molecule has 4 aromatic rings. The molecule has 2 heterocycles. The summed E-state index contributed by atoms with van der Waals surface area (Å²) in [5, 5.41) is 12.5. The summed E-state index contributed by atoms with van der Waals surface area (Å²) < 4.78 is 5.20. The predicted octanol–water partition coefficient (Wildman–Crippen LogP) is 5.76. The fourth-order valence-electron chi connectivity index (χ4n) is 4.50. The van der Waals surface area contributed by atoms with E-state index in [0.29, 0.717) is 22.6 Å². The molecule has 0 saturated carbocycles. The Morgan fingerprint density at radius 2 is 1.79 bits per heavy atom. The Labute approximate surface area is 201 Å². The van der Waals surface area contributed by atoms with E-state index >= 15 is 0 Å². The number of aryl methyl sites for hydroxylation is 1. The van der Waals surface area contributed by atoms with Crippen LogP contribution in [-0.2, 0) is 9.59 Å². The van der Waals surface area contributed by atoms with Crippen LogP contribution in [0.3, 0.4) is 0 Å². The Hall–Kier alpha value is -4.03. The van der Waals surface area contributed by atoms with E-state index in [1.54, 1.807) is 24.4 Å². The van der Waals surface area contributed by atoms with E-state index in [-0.39, 0.29) is 16.4 Å². The number of para-hydroxylation sites is 2. The van der Waals surface area contributed by atoms with Crippen molar-refractivity contribution in [2.75, 3.05) is 12.0 Å². The number of halogens is 1. The number of carbonyl (C=O) groups is 2. The number of H-pyrrole nitrogens is 1. The molecule has 0 spiro atoms. The molecule has 1 unspecified atom stereocenters. The normalized spacial score (nSPS) is 17.5. The number of rotatable bonds is 4. The smallest absolute Gasteiger partial charge is 0.300 e. The molecule has 1 aliphatic rings. The van der Waals surface area contributed by atoms with E-state index in [1.165, 1.54) is 18.1 Å². The highest BCUT2D eigenvalue weighted by molar-refractivity contribution is 6.52. The molecule has 170 valence electrons. The molecule has 2 N–H and O–H groups in total. The third kappa shape index (κ3) is 3.35. The first-order valence-corrected chi connectivity index (χ1v) is 11.1. The number of aliphatic hydroxyl groups excluding tert-OH is 1. The zero-order valence-corrected chi connectivity index (χ0v) is 19.3. The Balaban J connectivity index is 1.79. The molecule has 1 aliphatic heterocycles. The van der Waals surface area contributed by atoms with Gasteiger partial charge in [-0.15, -0.1) is 0 Å². The molecule has 1 atom stereocenters. The van der Waals surface area contributed by atoms with E-state index in [1.807, 2.05) is 49.4 Å². The van der Waals surface area contributed by atoms with Gasteiger partial charge in [0.2, 0.25) is 0 Å². The van der Waals surface area contributed by atoms with E-state index in [2.05, 4.69) is 4.98 Å². The third-order valence-electron chi connectivity index (χ3n) is 6.16. The summed E-state index contributed by atoms with van der Waals surface area (Å²) in [6.45, 7) is 1.88. The van der Waals surface area contributed by atoms with Crippen LogP contribution in [0.25, 0.3) is 16.7 Å². The zero-order valence-electron chi connectivity index (χ0n) is 18.5. The molecule has 0 radical (unpaired) electrons. The zero-order chi connectivity index (χ0) is 24.0. The van der Waals surface area contributed by atoms with Crippen molar-refractivity contribution in [2.45, 2.75) is 13.0 Å². The van der Waals surface area contributed by atoms with Crippen molar-refractivity contribution < 1.29 is 19.4 Å². The highest BCUT2D eigenvalue weighted by Gasteiger charge is 2.48. The lowest BCUT2D eigenvalue weighted by molar-refractivity contribution is -0.132. The van der Waals surface area contributed by atoms with Crippen LogP contribution < -0.4 is 9.64 Å². The van der Waals surface area contributed by atoms with Gasteiger partial charge < -0.3 is 14.8 Å². The Morgan fingerprint density at radius 1 is 1.06 bits per heavy atom. The van der Waals surface area contributed by atoms with Crippen LogP contribution in [0.15, 0.2) is 78.5 Å². The van der Waals surface area contributed by atoms with Gasteiger partial charge in [0, 0.05) is 33.9 Å². The van der Waals surface area contributed by atoms with Crippen LogP contribution in [0.4, 0.5) is 5.69 Å². The fourth-order valence-corrected chi connectivity index (χ4v) is 4.76. The number of benzene rings is 3. The number of hydrogen-bond donors (Lipinski definition) is 2. The number of Topliss-reactive ketones (excluding diaryl/α,β-unsaturated/α-hetero) is 1. The van der Waals surface area contributed by atoms with Gasteiger partial charge >= 0.3 is 0 Å². The van der Waals surface area contributed by atoms with Crippen LogP contribution in [-0.4, -0.2) is 28.9 Å². The molecule has 1 saturated heterocycles. The molecule has 3 aromatic carbocycles. The van der Waals surface area contributed by atoms with Crippen LogP contribution in [0, 0.1) is 6.92 Å². The number of ketones is 1. The van der Waals surface area contributed by atoms with Crippen molar-refractivity contribution in [1.82, 2.24) is 4.98 Å². The number of methoxy groups -OCH3 is 1. The number of carbonyl (C=O) groups excluding carboxylic acids is 2. The van der Waals surface area contributed by atoms with Gasteiger partial charge in [0.15, 0.2) is 0 Å². The lowest BCUT2D eigenvalue weighted by atomic mass is 9.94. The second-order valence-electron chi connectivity index (χ2n) is 8.09. The van der Waals surface area contributed by atoms with E-state index in [4.69, 9.17) is 16.3 Å². The molecule has 6 nitrogen and oxygen atoms in total. The summed E-state index contributed by atoms with van der Waals surface area (Å²) in [5.41, 5.74) is 3.32. The van der Waals surface area contributed by atoms with Gasteiger partial charge in [0.25, 0.3) is 11.7 Å². The van der Waals surface area contributed by atoms with Crippen LogP contribution >= 0.6 is 11.6 Å². The summed E-state index contributed by atoms with van der Waals surface area (Å²) in [5.74, 6) is -1.32. The van der Waals surface area contributed by atoms with Gasteiger partial charge in [-0.05, 0) is 42.8 Å². The fraction of sp³-hybridized carbons (Fsp3) is 0.111. The van der Waals surface area contributed by atoms with Gasteiger partial charge in [0.05, 0.1) is 23.7 Å². The maximum atomic E-state index is 13.4. The SMILES string of the molecule is COc1ccc(/C(O)=C2\C(=O)C(=O)N(c3ccccc3C)C2c2c[nH]c3ccccc23)cc1Cl. The number of amides is 1. The molecular formula is C27H21ClN2O4. The molecule has 1 fully saturated rings. The quantitative estimate of drug-likeness (QED) is 0.224. The predicted molar refractivity (Wildman–Crippen MR) is 132 cm³/mol. The number of aromatic amines is 1. The van der Waals surface area contributed by atoms with Crippen molar-refractivity contribution >= 4 is 45.6 Å². The van der Waals surface area contributed by atoms with Crippen molar-refractivity contribution in [3.8, 4) is 5.75 Å². The highest BCUT2D eigenvalue weighted by Crippen LogP contribution is 2.45. The minimum Gasteiger partial charge on any atom is -0.507 e. The largest absolute Gasteiger partial charge is 0.507 e. The number of fused-ring (bicyclic) bond motifs is 1. The number of aliphatic hydroxyl groups is 1. The van der Waals surface area contributed by atoms with E-state index in [0.717, 1.165) is 16.5 Å².